The van der Waals surface area contributed by atoms with E-state index in [1.165, 1.54) is 315 Å². The largest absolute Gasteiger partial charge is 0.462 e. The lowest BCUT2D eigenvalue weighted by molar-refractivity contribution is -0.167. The van der Waals surface area contributed by atoms with Gasteiger partial charge in [0, 0.05) is 19.3 Å². The van der Waals surface area contributed by atoms with Crippen molar-refractivity contribution >= 4 is 17.9 Å². The predicted octanol–water partition coefficient (Wildman–Crippen LogP) is 23.8. The van der Waals surface area contributed by atoms with Crippen molar-refractivity contribution < 1.29 is 28.6 Å². The molecule has 0 heterocycles. The molecule has 76 heavy (non-hydrogen) atoms. The number of carbonyl (C=O) groups excluding carboxylic acids is 3. The maximum atomic E-state index is 12.9. The van der Waals surface area contributed by atoms with Crippen LogP contribution in [0.25, 0.3) is 0 Å². The number of rotatable bonds is 66. The van der Waals surface area contributed by atoms with Gasteiger partial charge in [0.25, 0.3) is 0 Å². The summed E-state index contributed by atoms with van der Waals surface area (Å²) in [5.41, 5.74) is 0. The first-order valence-electron chi connectivity index (χ1n) is 35.0. The molecule has 0 bridgehead atoms. The Bertz CT molecular complexity index is 1140. The second-order valence-corrected chi connectivity index (χ2v) is 24.2. The smallest absolute Gasteiger partial charge is 0.306 e. The molecule has 0 aromatic carbocycles. The van der Waals surface area contributed by atoms with Gasteiger partial charge in [-0.2, -0.15) is 0 Å². The van der Waals surface area contributed by atoms with Crippen molar-refractivity contribution in [2.24, 2.45) is 0 Å². The maximum Gasteiger partial charge on any atom is 0.306 e. The molecular weight excluding hydrogens is 937 g/mol. The molecule has 0 aliphatic heterocycles. The summed E-state index contributed by atoms with van der Waals surface area (Å²) in [6.07, 6.45) is 77.1. The van der Waals surface area contributed by atoms with Crippen LogP contribution in [0.15, 0.2) is 0 Å². The second-order valence-electron chi connectivity index (χ2n) is 24.2. The topological polar surface area (TPSA) is 78.9 Å². The summed E-state index contributed by atoms with van der Waals surface area (Å²) in [5.74, 6) is -0.823. The second kappa shape index (κ2) is 65.9. The fourth-order valence-corrected chi connectivity index (χ4v) is 11.1. The molecule has 0 N–H and O–H groups in total. The minimum Gasteiger partial charge on any atom is -0.462 e. The molecule has 0 aliphatic rings. The van der Waals surface area contributed by atoms with E-state index < -0.39 is 6.10 Å². The molecule has 0 rings (SSSR count). The molecule has 0 amide bonds. The van der Waals surface area contributed by atoms with Crippen LogP contribution >= 0.6 is 0 Å². The van der Waals surface area contributed by atoms with E-state index in [2.05, 4.69) is 20.8 Å². The molecule has 0 fully saturated rings. The first-order chi connectivity index (χ1) is 37.5. The lowest BCUT2D eigenvalue weighted by Gasteiger charge is -2.18. The van der Waals surface area contributed by atoms with Crippen molar-refractivity contribution in [3.8, 4) is 0 Å². The summed E-state index contributed by atoms with van der Waals surface area (Å²) in [7, 11) is 0. The van der Waals surface area contributed by atoms with Crippen LogP contribution in [0.4, 0.5) is 0 Å². The number of hydrogen-bond acceptors (Lipinski definition) is 6. The highest BCUT2D eigenvalue weighted by molar-refractivity contribution is 5.71. The number of carbonyl (C=O) groups is 3. The first kappa shape index (κ1) is 74.4. The molecule has 0 aromatic rings. The number of ether oxygens (including phenoxy) is 3. The monoisotopic (exact) mass is 1070 g/mol. The Kier molecular flexibility index (Phi) is 64.5. The molecule has 6 nitrogen and oxygen atoms in total. The molecule has 452 valence electrons. The van der Waals surface area contributed by atoms with Crippen molar-refractivity contribution in [2.45, 2.75) is 419 Å². The molecule has 1 atom stereocenters. The van der Waals surface area contributed by atoms with E-state index in [9.17, 15) is 14.4 Å². The van der Waals surface area contributed by atoms with Crippen LogP contribution in [0.3, 0.4) is 0 Å². The van der Waals surface area contributed by atoms with E-state index in [0.29, 0.717) is 19.3 Å². The Labute approximate surface area is 476 Å². The van der Waals surface area contributed by atoms with Gasteiger partial charge in [0.1, 0.15) is 13.2 Å². The van der Waals surface area contributed by atoms with Gasteiger partial charge >= 0.3 is 17.9 Å². The van der Waals surface area contributed by atoms with E-state index in [0.717, 1.165) is 57.8 Å². The molecule has 0 saturated carbocycles. The zero-order chi connectivity index (χ0) is 55.0. The van der Waals surface area contributed by atoms with Crippen LogP contribution in [0, 0.1) is 0 Å². The van der Waals surface area contributed by atoms with Gasteiger partial charge in [-0.25, -0.2) is 0 Å². The average molecular weight is 1070 g/mol. The predicted molar refractivity (Wildman–Crippen MR) is 330 cm³/mol. The van der Waals surface area contributed by atoms with Crippen LogP contribution in [-0.2, 0) is 28.6 Å². The fraction of sp³-hybridized carbons (Fsp3) is 0.957. The normalized spacial score (nSPS) is 11.9. The Morgan fingerprint density at radius 3 is 0.526 bits per heavy atom. The van der Waals surface area contributed by atoms with Crippen molar-refractivity contribution in [1.82, 2.24) is 0 Å². The van der Waals surface area contributed by atoms with Crippen LogP contribution < -0.4 is 0 Å². The lowest BCUT2D eigenvalue weighted by Crippen LogP contribution is -2.30. The third-order valence-electron chi connectivity index (χ3n) is 16.4. The highest BCUT2D eigenvalue weighted by Gasteiger charge is 2.19. The summed E-state index contributed by atoms with van der Waals surface area (Å²) < 4.78 is 17.0. The molecule has 0 aromatic heterocycles. The SMILES string of the molecule is CCCCCCCCCCCCCCCCCCCCCCCCCCCCCCC(=O)OCC(COC(=O)CCCCCCCCCCCCCC)OC(=O)CCCCCCCCCCCCCCCCCCCC. The maximum absolute atomic E-state index is 12.9. The first-order valence-corrected chi connectivity index (χ1v) is 35.0. The van der Waals surface area contributed by atoms with Gasteiger partial charge in [-0.1, -0.05) is 374 Å². The minimum atomic E-state index is -0.762. The fourth-order valence-electron chi connectivity index (χ4n) is 11.1. The lowest BCUT2D eigenvalue weighted by atomic mass is 10.0. The average Bonchev–Trinajstić information content (AvgIpc) is 3.42. The van der Waals surface area contributed by atoms with Crippen LogP contribution in [-0.4, -0.2) is 37.2 Å². The number of esters is 3. The summed E-state index contributed by atoms with van der Waals surface area (Å²) in [5, 5.41) is 0. The summed E-state index contributed by atoms with van der Waals surface area (Å²) in [6, 6.07) is 0. The van der Waals surface area contributed by atoms with Crippen molar-refractivity contribution in [2.75, 3.05) is 13.2 Å². The van der Waals surface area contributed by atoms with Crippen molar-refractivity contribution in [1.29, 1.82) is 0 Å². The summed E-state index contributed by atoms with van der Waals surface area (Å²) in [6.45, 7) is 6.73. The third-order valence-corrected chi connectivity index (χ3v) is 16.4. The summed E-state index contributed by atoms with van der Waals surface area (Å²) >= 11 is 0. The standard InChI is InChI=1S/C70H136O6/c1-4-7-10-13-16-19-22-25-27-29-31-32-33-34-35-36-37-38-39-40-42-43-45-48-51-54-57-60-63-69(72)75-66-67(65-74-68(71)62-59-56-53-50-47-24-21-18-15-12-9-6-3)76-70(73)64-61-58-55-52-49-46-44-41-30-28-26-23-20-17-14-11-8-5-2/h67H,4-66H2,1-3H3. The molecule has 1 unspecified atom stereocenters. The highest BCUT2D eigenvalue weighted by atomic mass is 16.6. The zero-order valence-electron chi connectivity index (χ0n) is 52.1. The van der Waals surface area contributed by atoms with Crippen LogP contribution in [0.5, 0.6) is 0 Å². The Hall–Kier alpha value is -1.59. The van der Waals surface area contributed by atoms with Crippen LogP contribution in [0.1, 0.15) is 412 Å². The van der Waals surface area contributed by atoms with E-state index in [1.807, 2.05) is 0 Å². The van der Waals surface area contributed by atoms with Crippen molar-refractivity contribution in [3.05, 3.63) is 0 Å². The van der Waals surface area contributed by atoms with Crippen molar-refractivity contribution in [3.63, 3.8) is 0 Å². The van der Waals surface area contributed by atoms with Gasteiger partial charge in [-0.05, 0) is 19.3 Å². The van der Waals surface area contributed by atoms with Gasteiger partial charge in [0.05, 0.1) is 0 Å². The highest BCUT2D eigenvalue weighted by Crippen LogP contribution is 2.19. The minimum absolute atomic E-state index is 0.0604. The van der Waals surface area contributed by atoms with E-state index in [-0.39, 0.29) is 31.1 Å². The van der Waals surface area contributed by atoms with Gasteiger partial charge in [-0.15, -0.1) is 0 Å². The molecule has 0 saturated heterocycles. The van der Waals surface area contributed by atoms with Gasteiger partial charge < -0.3 is 14.2 Å². The molecule has 6 heteroatoms. The zero-order valence-corrected chi connectivity index (χ0v) is 52.1. The molecular formula is C70H136O6. The van der Waals surface area contributed by atoms with Crippen LogP contribution in [0.2, 0.25) is 0 Å². The molecule has 0 spiro atoms. The van der Waals surface area contributed by atoms with E-state index in [4.69, 9.17) is 14.2 Å². The molecule has 0 aliphatic carbocycles. The van der Waals surface area contributed by atoms with Gasteiger partial charge in [0.15, 0.2) is 6.10 Å². The van der Waals surface area contributed by atoms with E-state index >= 15 is 0 Å². The molecule has 0 radical (unpaired) electrons. The van der Waals surface area contributed by atoms with E-state index in [1.54, 1.807) is 0 Å². The third kappa shape index (κ3) is 63.2. The quantitative estimate of drug-likeness (QED) is 0.0343. The Balaban J connectivity index is 4.12. The van der Waals surface area contributed by atoms with Gasteiger partial charge in [-0.3, -0.25) is 14.4 Å². The van der Waals surface area contributed by atoms with Gasteiger partial charge in [0.2, 0.25) is 0 Å². The Morgan fingerprint density at radius 2 is 0.355 bits per heavy atom. The summed E-state index contributed by atoms with van der Waals surface area (Å²) in [4.78, 5) is 38.3. The number of hydrogen-bond donors (Lipinski definition) is 0. The number of unbranched alkanes of at least 4 members (excludes halogenated alkanes) is 55. The Morgan fingerprint density at radius 1 is 0.211 bits per heavy atom.